The summed E-state index contributed by atoms with van der Waals surface area (Å²) in [5.41, 5.74) is 7.78. The lowest BCUT2D eigenvalue weighted by Crippen LogP contribution is -2.22. The molecular weight excluding hydrogens is 460 g/mol. The molecule has 0 N–H and O–H groups in total. The fraction of sp³-hybridized carbons (Fsp3) is 0.194. The van der Waals surface area contributed by atoms with Crippen LogP contribution in [0.15, 0.2) is 102 Å². The summed E-state index contributed by atoms with van der Waals surface area (Å²) in [6.45, 7) is 2.10. The smallest absolute Gasteiger partial charge is 0.189 e. The topological polar surface area (TPSA) is 41.9 Å². The third-order valence-electron chi connectivity index (χ3n) is 6.97. The van der Waals surface area contributed by atoms with Crippen LogP contribution in [0.2, 0.25) is 0 Å². The van der Waals surface area contributed by atoms with Crippen LogP contribution in [-0.4, -0.2) is 32.7 Å². The van der Waals surface area contributed by atoms with E-state index in [-0.39, 0.29) is 0 Å². The quantitative estimate of drug-likeness (QED) is 0.184. The van der Waals surface area contributed by atoms with Crippen LogP contribution in [0.1, 0.15) is 30.0 Å². The third kappa shape index (κ3) is 4.64. The number of hydrogen-bond acceptors (Lipinski definition) is 5. The average molecular weight is 489 g/mol. The van der Waals surface area contributed by atoms with Gasteiger partial charge >= 0.3 is 0 Å². The van der Waals surface area contributed by atoms with E-state index < -0.39 is 0 Å². The first-order valence-corrected chi connectivity index (χ1v) is 13.7. The molecule has 1 saturated heterocycles. The van der Waals surface area contributed by atoms with Gasteiger partial charge in [0, 0.05) is 35.3 Å². The largest absolute Gasteiger partial charge is 0.292 e. The molecule has 1 fully saturated rings. The Labute approximate surface area is 216 Å². The Morgan fingerprint density at radius 2 is 1.61 bits per heavy atom. The van der Waals surface area contributed by atoms with Crippen LogP contribution >= 0.6 is 11.8 Å². The van der Waals surface area contributed by atoms with E-state index in [0.29, 0.717) is 6.04 Å². The highest BCUT2D eigenvalue weighted by atomic mass is 32.2. The molecule has 178 valence electrons. The lowest BCUT2D eigenvalue weighted by atomic mass is 9.97. The summed E-state index contributed by atoms with van der Waals surface area (Å²) in [5, 5.41) is 1.69. The second-order valence-electron chi connectivity index (χ2n) is 9.26. The molecule has 1 atom stereocenters. The lowest BCUT2D eigenvalue weighted by molar-refractivity contribution is 0.248. The molecule has 0 amide bonds. The van der Waals surface area contributed by atoms with Crippen LogP contribution in [0.5, 0.6) is 0 Å². The zero-order valence-electron chi connectivity index (χ0n) is 20.3. The Balaban J connectivity index is 1.34. The minimum absolute atomic E-state index is 0.503. The molecule has 0 bridgehead atoms. The van der Waals surface area contributed by atoms with Gasteiger partial charge < -0.3 is 0 Å². The number of fused-ring (bicyclic) bond motifs is 1. The Kier molecular flexibility index (Phi) is 6.50. The fourth-order valence-corrected chi connectivity index (χ4v) is 5.51. The molecule has 1 aliphatic rings. The van der Waals surface area contributed by atoms with Crippen molar-refractivity contribution in [1.82, 2.24) is 19.9 Å². The minimum Gasteiger partial charge on any atom is -0.292 e. The van der Waals surface area contributed by atoms with Crippen LogP contribution in [-0.2, 0) is 6.54 Å². The Morgan fingerprint density at radius 1 is 0.861 bits per heavy atom. The first kappa shape index (κ1) is 22.9. The molecule has 0 saturated carbocycles. The molecule has 0 aliphatic carbocycles. The molecule has 0 radical (unpaired) electrons. The Bertz CT molecular complexity index is 1470. The lowest BCUT2D eigenvalue weighted by Gasteiger charge is -2.25. The summed E-state index contributed by atoms with van der Waals surface area (Å²) in [7, 11) is 0. The number of rotatable bonds is 6. The predicted molar refractivity (Wildman–Crippen MR) is 149 cm³/mol. The van der Waals surface area contributed by atoms with Gasteiger partial charge in [-0.15, -0.1) is 0 Å². The van der Waals surface area contributed by atoms with E-state index in [1.807, 2.05) is 18.5 Å². The molecule has 5 heteroatoms. The van der Waals surface area contributed by atoms with Gasteiger partial charge in [-0.1, -0.05) is 96.7 Å². The van der Waals surface area contributed by atoms with Crippen LogP contribution in [0.3, 0.4) is 0 Å². The van der Waals surface area contributed by atoms with E-state index in [1.165, 1.54) is 35.7 Å². The summed E-state index contributed by atoms with van der Waals surface area (Å²) in [4.78, 5) is 16.8. The Morgan fingerprint density at radius 3 is 2.36 bits per heavy atom. The van der Waals surface area contributed by atoms with Crippen molar-refractivity contribution in [3.8, 4) is 22.4 Å². The average Bonchev–Trinajstić information content (AvgIpc) is 3.41. The van der Waals surface area contributed by atoms with Crippen molar-refractivity contribution >= 4 is 22.8 Å². The van der Waals surface area contributed by atoms with Crippen molar-refractivity contribution in [3.63, 3.8) is 0 Å². The zero-order valence-corrected chi connectivity index (χ0v) is 21.2. The number of nitrogens with zero attached hydrogens (tertiary/aromatic N) is 4. The normalized spacial score (nSPS) is 16.0. The SMILES string of the molecule is CSc1ncc2cc(-c3ccccc3)c(-c3ccc(CN4CCCC4c4ccccc4)cc3)nc2n1. The van der Waals surface area contributed by atoms with Crippen molar-refractivity contribution in [3.05, 3.63) is 108 Å². The van der Waals surface area contributed by atoms with Gasteiger partial charge in [0.05, 0.1) is 5.69 Å². The van der Waals surface area contributed by atoms with Gasteiger partial charge in [-0.3, -0.25) is 4.90 Å². The predicted octanol–water partition coefficient (Wildman–Crippen LogP) is 7.42. The van der Waals surface area contributed by atoms with Crippen molar-refractivity contribution in [1.29, 1.82) is 0 Å². The number of aromatic nitrogens is 3. The molecule has 3 aromatic carbocycles. The summed E-state index contributed by atoms with van der Waals surface area (Å²) < 4.78 is 0. The van der Waals surface area contributed by atoms with E-state index in [2.05, 4.69) is 99.8 Å². The maximum absolute atomic E-state index is 5.04. The van der Waals surface area contributed by atoms with Gasteiger partial charge in [0.15, 0.2) is 10.8 Å². The van der Waals surface area contributed by atoms with Gasteiger partial charge in [0.1, 0.15) is 0 Å². The van der Waals surface area contributed by atoms with Crippen molar-refractivity contribution in [2.75, 3.05) is 12.8 Å². The van der Waals surface area contributed by atoms with Crippen molar-refractivity contribution < 1.29 is 0 Å². The van der Waals surface area contributed by atoms with E-state index in [9.17, 15) is 0 Å². The van der Waals surface area contributed by atoms with Crippen LogP contribution in [0.4, 0.5) is 0 Å². The highest BCUT2D eigenvalue weighted by Crippen LogP contribution is 2.35. The third-order valence-corrected chi connectivity index (χ3v) is 7.54. The minimum atomic E-state index is 0.503. The van der Waals surface area contributed by atoms with Crippen molar-refractivity contribution in [2.24, 2.45) is 0 Å². The van der Waals surface area contributed by atoms with Crippen LogP contribution in [0, 0.1) is 0 Å². The monoisotopic (exact) mass is 488 g/mol. The fourth-order valence-electron chi connectivity index (χ4n) is 5.17. The number of benzene rings is 3. The number of hydrogen-bond donors (Lipinski definition) is 0. The second kappa shape index (κ2) is 10.2. The van der Waals surface area contributed by atoms with E-state index in [0.717, 1.165) is 51.7 Å². The molecule has 0 spiro atoms. The number of thioether (sulfide) groups is 1. The molecule has 3 heterocycles. The highest BCUT2D eigenvalue weighted by Gasteiger charge is 2.25. The van der Waals surface area contributed by atoms with Gasteiger partial charge in [-0.05, 0) is 48.4 Å². The summed E-state index contributed by atoms with van der Waals surface area (Å²) in [6.07, 6.45) is 6.34. The van der Waals surface area contributed by atoms with Gasteiger partial charge in [0.25, 0.3) is 0 Å². The molecule has 36 heavy (non-hydrogen) atoms. The molecule has 2 aromatic heterocycles. The molecule has 4 nitrogen and oxygen atoms in total. The summed E-state index contributed by atoms with van der Waals surface area (Å²) in [5.74, 6) is 0. The summed E-state index contributed by atoms with van der Waals surface area (Å²) >= 11 is 1.53. The van der Waals surface area contributed by atoms with Gasteiger partial charge in [0.2, 0.25) is 0 Å². The first-order valence-electron chi connectivity index (χ1n) is 12.4. The van der Waals surface area contributed by atoms with E-state index in [1.54, 1.807) is 0 Å². The summed E-state index contributed by atoms with van der Waals surface area (Å²) in [6, 6.07) is 33.0. The number of likely N-dealkylation sites (tertiary alicyclic amines) is 1. The number of pyridine rings is 1. The maximum Gasteiger partial charge on any atom is 0.189 e. The van der Waals surface area contributed by atoms with Gasteiger partial charge in [-0.2, -0.15) is 0 Å². The van der Waals surface area contributed by atoms with E-state index in [4.69, 9.17) is 4.98 Å². The molecule has 1 unspecified atom stereocenters. The van der Waals surface area contributed by atoms with Crippen LogP contribution in [0.25, 0.3) is 33.4 Å². The van der Waals surface area contributed by atoms with Gasteiger partial charge in [-0.25, -0.2) is 15.0 Å². The molecule has 1 aliphatic heterocycles. The van der Waals surface area contributed by atoms with E-state index >= 15 is 0 Å². The maximum atomic E-state index is 5.04. The van der Waals surface area contributed by atoms with Crippen molar-refractivity contribution in [2.45, 2.75) is 30.6 Å². The molecule has 5 aromatic rings. The standard InChI is InChI=1S/C31H28N4S/c1-36-31-32-20-26-19-27(23-9-4-2-5-10-23)29(33-30(26)34-31)25-16-14-22(15-17-25)21-35-18-8-13-28(35)24-11-6-3-7-12-24/h2-7,9-12,14-17,19-20,28H,8,13,18,21H2,1H3. The molecular formula is C31H28N4S. The molecule has 6 rings (SSSR count). The van der Waals surface area contributed by atoms with Crippen LogP contribution < -0.4 is 0 Å². The highest BCUT2D eigenvalue weighted by molar-refractivity contribution is 7.98. The Hall–Kier alpha value is -3.54. The first-order chi connectivity index (χ1) is 17.8. The second-order valence-corrected chi connectivity index (χ2v) is 10.0. The zero-order chi connectivity index (χ0) is 24.3.